The number of anilines is 2. The fourth-order valence-electron chi connectivity index (χ4n) is 2.29. The Hall–Kier alpha value is -3.08. The van der Waals surface area contributed by atoms with Gasteiger partial charge in [0.25, 0.3) is 0 Å². The highest BCUT2D eigenvalue weighted by Crippen LogP contribution is 2.20. The van der Waals surface area contributed by atoms with Crippen molar-refractivity contribution < 1.29 is 17.2 Å². The van der Waals surface area contributed by atoms with Gasteiger partial charge < -0.3 is 10.6 Å². The summed E-state index contributed by atoms with van der Waals surface area (Å²) in [6.07, 6.45) is 0. The number of benzene rings is 2. The van der Waals surface area contributed by atoms with Crippen molar-refractivity contribution in [1.29, 1.82) is 0 Å². The molecular weight excluding hydrogens is 378 g/mol. The summed E-state index contributed by atoms with van der Waals surface area (Å²) in [5.74, 6) is -2.96. The lowest BCUT2D eigenvalue weighted by Crippen LogP contribution is -2.16. The number of halogens is 2. The number of nitrogens with one attached hydrogen (secondary N) is 2. The van der Waals surface area contributed by atoms with E-state index in [1.807, 2.05) is 30.3 Å². The highest BCUT2D eigenvalue weighted by Gasteiger charge is 2.26. The third-order valence-corrected chi connectivity index (χ3v) is 5.02. The average molecular weight is 394 g/mol. The SMILES string of the molecule is O=S(=O)(c1ccc(NCCNc2nnnn2-c2ccccc2)cc1)C(F)F. The Morgan fingerprint density at radius 3 is 2.30 bits per heavy atom. The van der Waals surface area contributed by atoms with E-state index in [2.05, 4.69) is 26.2 Å². The first kappa shape index (κ1) is 18.7. The van der Waals surface area contributed by atoms with E-state index in [4.69, 9.17) is 0 Å². The zero-order chi connectivity index (χ0) is 19.3. The number of tetrazole rings is 1. The third kappa shape index (κ3) is 4.37. The zero-order valence-corrected chi connectivity index (χ0v) is 14.8. The Morgan fingerprint density at radius 2 is 1.63 bits per heavy atom. The Balaban J connectivity index is 1.54. The van der Waals surface area contributed by atoms with Crippen molar-refractivity contribution in [3.05, 3.63) is 54.6 Å². The number of rotatable bonds is 8. The Bertz CT molecular complexity index is 978. The van der Waals surface area contributed by atoms with E-state index in [-0.39, 0.29) is 0 Å². The molecule has 0 aliphatic heterocycles. The van der Waals surface area contributed by atoms with Crippen LogP contribution in [0.4, 0.5) is 20.4 Å². The monoisotopic (exact) mass is 394 g/mol. The van der Waals surface area contributed by atoms with Gasteiger partial charge in [0, 0.05) is 18.8 Å². The molecule has 0 aliphatic rings. The molecule has 2 N–H and O–H groups in total. The van der Waals surface area contributed by atoms with Crippen LogP contribution in [0.5, 0.6) is 0 Å². The number of hydrogen-bond donors (Lipinski definition) is 2. The fraction of sp³-hybridized carbons (Fsp3) is 0.188. The van der Waals surface area contributed by atoms with Crippen LogP contribution in [-0.4, -0.2) is 47.5 Å². The normalized spacial score (nSPS) is 11.5. The first-order chi connectivity index (χ1) is 13.0. The van der Waals surface area contributed by atoms with Crippen molar-refractivity contribution >= 4 is 21.5 Å². The van der Waals surface area contributed by atoms with Gasteiger partial charge in [-0.2, -0.15) is 13.5 Å². The first-order valence-electron chi connectivity index (χ1n) is 7.92. The lowest BCUT2D eigenvalue weighted by Gasteiger charge is -2.09. The quantitative estimate of drug-likeness (QED) is 0.565. The molecule has 0 atom stereocenters. The van der Waals surface area contributed by atoms with Gasteiger partial charge in [-0.05, 0) is 46.8 Å². The highest BCUT2D eigenvalue weighted by atomic mass is 32.2. The molecule has 3 aromatic rings. The van der Waals surface area contributed by atoms with Gasteiger partial charge >= 0.3 is 5.76 Å². The van der Waals surface area contributed by atoms with Crippen molar-refractivity contribution in [2.75, 3.05) is 23.7 Å². The van der Waals surface area contributed by atoms with Crippen molar-refractivity contribution in [1.82, 2.24) is 20.2 Å². The molecule has 3 rings (SSSR count). The van der Waals surface area contributed by atoms with Gasteiger partial charge in [0.15, 0.2) is 0 Å². The summed E-state index contributed by atoms with van der Waals surface area (Å²) < 4.78 is 49.3. The van der Waals surface area contributed by atoms with Gasteiger partial charge in [0.1, 0.15) is 0 Å². The summed E-state index contributed by atoms with van der Waals surface area (Å²) in [7, 11) is -4.58. The molecule has 2 aromatic carbocycles. The van der Waals surface area contributed by atoms with Crippen molar-refractivity contribution in [3.8, 4) is 5.69 Å². The number of alkyl halides is 2. The molecule has 0 unspecified atom stereocenters. The zero-order valence-electron chi connectivity index (χ0n) is 14.0. The minimum absolute atomic E-state index is 0.414. The molecule has 142 valence electrons. The second-order valence-electron chi connectivity index (χ2n) is 5.43. The van der Waals surface area contributed by atoms with Crippen LogP contribution in [0, 0.1) is 0 Å². The average Bonchev–Trinajstić information content (AvgIpc) is 3.15. The van der Waals surface area contributed by atoms with Gasteiger partial charge in [-0.15, -0.1) is 0 Å². The minimum Gasteiger partial charge on any atom is -0.383 e. The first-order valence-corrected chi connectivity index (χ1v) is 9.47. The summed E-state index contributed by atoms with van der Waals surface area (Å²) >= 11 is 0. The number of sulfone groups is 1. The van der Waals surface area contributed by atoms with Crippen LogP contribution in [0.25, 0.3) is 5.69 Å². The van der Waals surface area contributed by atoms with Crippen LogP contribution < -0.4 is 10.6 Å². The molecule has 1 heterocycles. The molecule has 0 amide bonds. The lowest BCUT2D eigenvalue weighted by atomic mass is 10.3. The molecule has 0 saturated carbocycles. The number of nitrogens with zero attached hydrogens (tertiary/aromatic N) is 4. The van der Waals surface area contributed by atoms with E-state index in [9.17, 15) is 17.2 Å². The Labute approximate surface area is 154 Å². The van der Waals surface area contributed by atoms with Crippen LogP contribution in [0.3, 0.4) is 0 Å². The minimum atomic E-state index is -4.58. The van der Waals surface area contributed by atoms with E-state index in [1.165, 1.54) is 12.1 Å². The maximum atomic E-state index is 12.5. The van der Waals surface area contributed by atoms with Gasteiger partial charge in [-0.3, -0.25) is 0 Å². The summed E-state index contributed by atoms with van der Waals surface area (Å²) in [6.45, 7) is 0.951. The summed E-state index contributed by atoms with van der Waals surface area (Å²) in [5, 5.41) is 17.6. The molecular formula is C16H16F2N6O2S. The molecule has 0 spiro atoms. The van der Waals surface area contributed by atoms with Crippen LogP contribution >= 0.6 is 0 Å². The van der Waals surface area contributed by atoms with Crippen molar-refractivity contribution in [2.24, 2.45) is 0 Å². The molecule has 8 nitrogen and oxygen atoms in total. The highest BCUT2D eigenvalue weighted by molar-refractivity contribution is 7.91. The second-order valence-corrected chi connectivity index (χ2v) is 7.35. The standard InChI is InChI=1S/C16H16F2N6O2S/c17-15(18)27(25,26)14-8-6-12(7-9-14)19-10-11-20-16-21-22-23-24(16)13-4-2-1-3-5-13/h1-9,15,19H,10-11H2,(H,20,21,23). The van der Waals surface area contributed by atoms with E-state index >= 15 is 0 Å². The van der Waals surface area contributed by atoms with Crippen LogP contribution in [0.1, 0.15) is 0 Å². The third-order valence-electron chi connectivity index (χ3n) is 3.62. The largest absolute Gasteiger partial charge is 0.383 e. The van der Waals surface area contributed by atoms with Gasteiger partial charge in [0.05, 0.1) is 10.6 Å². The van der Waals surface area contributed by atoms with Crippen molar-refractivity contribution in [3.63, 3.8) is 0 Å². The van der Waals surface area contributed by atoms with Gasteiger partial charge in [-0.1, -0.05) is 23.3 Å². The maximum absolute atomic E-state index is 12.5. The molecule has 27 heavy (non-hydrogen) atoms. The van der Waals surface area contributed by atoms with Gasteiger partial charge in [0.2, 0.25) is 15.8 Å². The fourth-order valence-corrected chi connectivity index (χ4v) is 3.01. The van der Waals surface area contributed by atoms with Crippen LogP contribution in [0.15, 0.2) is 59.5 Å². The molecule has 0 saturated heterocycles. The maximum Gasteiger partial charge on any atom is 0.341 e. The second kappa shape index (κ2) is 8.08. The smallest absolute Gasteiger partial charge is 0.341 e. The van der Waals surface area contributed by atoms with E-state index in [0.29, 0.717) is 24.7 Å². The molecule has 0 fully saturated rings. The topological polar surface area (TPSA) is 102 Å². The molecule has 0 aliphatic carbocycles. The van der Waals surface area contributed by atoms with E-state index in [0.717, 1.165) is 17.8 Å². The number of aromatic nitrogens is 4. The summed E-state index contributed by atoms with van der Waals surface area (Å²) in [6, 6.07) is 14.5. The van der Waals surface area contributed by atoms with E-state index in [1.54, 1.807) is 4.68 Å². The molecule has 1 aromatic heterocycles. The van der Waals surface area contributed by atoms with E-state index < -0.39 is 20.5 Å². The Kier molecular flexibility index (Phi) is 5.60. The predicted molar refractivity (Wildman–Crippen MR) is 95.8 cm³/mol. The summed E-state index contributed by atoms with van der Waals surface area (Å²) in [4.78, 5) is -0.414. The van der Waals surface area contributed by atoms with Crippen LogP contribution in [-0.2, 0) is 9.84 Å². The molecule has 0 bridgehead atoms. The summed E-state index contributed by atoms with van der Waals surface area (Å²) in [5.41, 5.74) is 1.42. The van der Waals surface area contributed by atoms with Crippen molar-refractivity contribution in [2.45, 2.75) is 10.7 Å². The lowest BCUT2D eigenvalue weighted by molar-refractivity contribution is 0.234. The number of para-hydroxylation sites is 1. The predicted octanol–water partition coefficient (Wildman–Crippen LogP) is 2.18. The van der Waals surface area contributed by atoms with Crippen LogP contribution in [0.2, 0.25) is 0 Å². The van der Waals surface area contributed by atoms with Gasteiger partial charge in [-0.25, -0.2) is 8.42 Å². The number of hydrogen-bond acceptors (Lipinski definition) is 7. The Morgan fingerprint density at radius 1 is 0.963 bits per heavy atom. The molecule has 0 radical (unpaired) electrons. The molecule has 11 heteroatoms.